The average Bonchev–Trinajstić information content (AvgIpc) is 2.25. The van der Waals surface area contributed by atoms with E-state index in [0.717, 1.165) is 0 Å². The summed E-state index contributed by atoms with van der Waals surface area (Å²) >= 11 is 0. The van der Waals surface area contributed by atoms with Crippen molar-refractivity contribution in [2.24, 2.45) is 0 Å². The maximum atomic E-state index is 4.05. The minimum Gasteiger partial charge on any atom is -0.198 e. The van der Waals surface area contributed by atoms with Crippen LogP contribution in [0.3, 0.4) is 0 Å². The molecule has 1 aromatic carbocycles. The van der Waals surface area contributed by atoms with Gasteiger partial charge in [0.25, 0.3) is 0 Å². The molecule has 0 spiro atoms. The molecule has 0 unspecified atom stereocenters. The van der Waals surface area contributed by atoms with Gasteiger partial charge in [0.2, 0.25) is 0 Å². The largest absolute Gasteiger partial charge is 1.00 e. The van der Waals surface area contributed by atoms with Gasteiger partial charge < -0.3 is 0 Å². The number of hydrogen-bond donors (Lipinski definition) is 0. The van der Waals surface area contributed by atoms with Crippen molar-refractivity contribution in [3.05, 3.63) is 42.3 Å². The van der Waals surface area contributed by atoms with E-state index < -0.39 is 0 Å². The molecular formula is C15H23Li. The van der Waals surface area contributed by atoms with Crippen molar-refractivity contribution >= 4 is 0 Å². The number of hydrogen-bond acceptors (Lipinski definition) is 0. The fraction of sp³-hybridized carbons (Fsp3) is 0.533. The SMILES string of the molecule is [CH2-]c1ccccc1CCCCCCCC.[Li+]. The quantitative estimate of drug-likeness (QED) is 0.365. The molecule has 0 saturated heterocycles. The van der Waals surface area contributed by atoms with Gasteiger partial charge in [-0.2, -0.15) is 18.6 Å². The summed E-state index contributed by atoms with van der Waals surface area (Å²) in [7, 11) is 0. The fourth-order valence-corrected chi connectivity index (χ4v) is 1.90. The molecule has 1 rings (SSSR count). The topological polar surface area (TPSA) is 0 Å². The minimum atomic E-state index is 0. The summed E-state index contributed by atoms with van der Waals surface area (Å²) in [6.45, 7) is 6.31. The summed E-state index contributed by atoms with van der Waals surface area (Å²) in [5, 5.41) is 0. The summed E-state index contributed by atoms with van der Waals surface area (Å²) in [4.78, 5) is 0. The maximum absolute atomic E-state index is 4.05. The van der Waals surface area contributed by atoms with Crippen molar-refractivity contribution in [3.63, 3.8) is 0 Å². The molecule has 0 N–H and O–H groups in total. The molecule has 0 radical (unpaired) electrons. The monoisotopic (exact) mass is 210 g/mol. The molecule has 0 amide bonds. The van der Waals surface area contributed by atoms with E-state index in [-0.39, 0.29) is 18.9 Å². The summed E-state index contributed by atoms with van der Waals surface area (Å²) in [5.74, 6) is 0. The first-order valence-corrected chi connectivity index (χ1v) is 6.24. The second-order valence-electron chi connectivity index (χ2n) is 4.29. The molecule has 0 atom stereocenters. The van der Waals surface area contributed by atoms with Crippen LogP contribution in [0.2, 0.25) is 0 Å². The zero-order chi connectivity index (χ0) is 10.9. The van der Waals surface area contributed by atoms with E-state index in [9.17, 15) is 0 Å². The van der Waals surface area contributed by atoms with Crippen LogP contribution >= 0.6 is 0 Å². The molecule has 0 aliphatic heterocycles. The Kier molecular flexibility index (Phi) is 9.69. The van der Waals surface area contributed by atoms with Crippen LogP contribution < -0.4 is 18.9 Å². The first-order valence-electron chi connectivity index (χ1n) is 6.24. The van der Waals surface area contributed by atoms with E-state index in [1.54, 1.807) is 0 Å². The number of rotatable bonds is 7. The number of benzene rings is 1. The van der Waals surface area contributed by atoms with Crippen LogP contribution in [-0.2, 0) is 6.42 Å². The van der Waals surface area contributed by atoms with Gasteiger partial charge in [-0.15, -0.1) is 17.7 Å². The van der Waals surface area contributed by atoms with Gasteiger partial charge in [-0.1, -0.05) is 57.9 Å². The molecule has 1 aromatic rings. The van der Waals surface area contributed by atoms with Crippen LogP contribution in [0.1, 0.15) is 56.6 Å². The smallest absolute Gasteiger partial charge is 0.198 e. The zero-order valence-corrected chi connectivity index (χ0v) is 11.0. The molecular weight excluding hydrogens is 187 g/mol. The molecule has 0 aliphatic rings. The third-order valence-corrected chi connectivity index (χ3v) is 2.92. The van der Waals surface area contributed by atoms with Gasteiger partial charge in [0, 0.05) is 0 Å². The van der Waals surface area contributed by atoms with Gasteiger partial charge in [0.15, 0.2) is 0 Å². The number of aryl methyl sites for hydroxylation is 1. The van der Waals surface area contributed by atoms with Crippen molar-refractivity contribution in [2.75, 3.05) is 0 Å². The summed E-state index contributed by atoms with van der Waals surface area (Å²) in [5.41, 5.74) is 2.62. The molecule has 0 nitrogen and oxygen atoms in total. The van der Waals surface area contributed by atoms with Crippen LogP contribution in [0, 0.1) is 6.92 Å². The summed E-state index contributed by atoms with van der Waals surface area (Å²) < 4.78 is 0. The van der Waals surface area contributed by atoms with E-state index in [2.05, 4.69) is 38.1 Å². The Balaban J connectivity index is 0.00000225. The zero-order valence-electron chi connectivity index (χ0n) is 11.0. The molecule has 0 bridgehead atoms. The van der Waals surface area contributed by atoms with E-state index in [0.29, 0.717) is 0 Å². The Morgan fingerprint density at radius 3 is 2.25 bits per heavy atom. The van der Waals surface area contributed by atoms with Crippen LogP contribution in [0.25, 0.3) is 0 Å². The molecule has 1 heteroatoms. The molecule has 0 aliphatic carbocycles. The third kappa shape index (κ3) is 6.31. The minimum absolute atomic E-state index is 0. The van der Waals surface area contributed by atoms with Crippen molar-refractivity contribution in [3.8, 4) is 0 Å². The summed E-state index contributed by atoms with van der Waals surface area (Å²) in [6, 6.07) is 8.48. The Hall–Kier alpha value is -0.313. The van der Waals surface area contributed by atoms with Gasteiger partial charge in [-0.05, 0) is 0 Å². The van der Waals surface area contributed by atoms with Gasteiger partial charge in [-0.3, -0.25) is 0 Å². The van der Waals surface area contributed by atoms with E-state index in [4.69, 9.17) is 0 Å². The van der Waals surface area contributed by atoms with E-state index in [1.165, 1.54) is 56.1 Å². The molecule has 0 saturated carbocycles. The Bertz CT molecular complexity index is 268. The Labute approximate surface area is 113 Å². The first kappa shape index (κ1) is 15.7. The molecule has 16 heavy (non-hydrogen) atoms. The van der Waals surface area contributed by atoms with Crippen molar-refractivity contribution in [1.82, 2.24) is 0 Å². The molecule has 84 valence electrons. The maximum Gasteiger partial charge on any atom is 1.00 e. The fourth-order valence-electron chi connectivity index (χ4n) is 1.90. The van der Waals surface area contributed by atoms with E-state index >= 15 is 0 Å². The van der Waals surface area contributed by atoms with Gasteiger partial charge in [-0.25, -0.2) is 0 Å². The molecule has 0 heterocycles. The van der Waals surface area contributed by atoms with Crippen LogP contribution in [0.5, 0.6) is 0 Å². The van der Waals surface area contributed by atoms with Crippen LogP contribution in [0.4, 0.5) is 0 Å². The predicted octanol–water partition coefficient (Wildman–Crippen LogP) is 1.78. The standard InChI is InChI=1S/C15H23.Li/c1-3-4-5-6-7-8-12-15-13-10-9-11-14(15)2;/h9-11,13H,2-8,12H2,1H3;/q-1;+1. The second-order valence-corrected chi connectivity index (χ2v) is 4.29. The first-order chi connectivity index (χ1) is 7.34. The molecule has 0 aromatic heterocycles. The van der Waals surface area contributed by atoms with E-state index in [1.807, 2.05) is 0 Å². The van der Waals surface area contributed by atoms with Crippen molar-refractivity contribution in [1.29, 1.82) is 0 Å². The Morgan fingerprint density at radius 1 is 0.938 bits per heavy atom. The second kappa shape index (κ2) is 9.88. The normalized spacial score (nSPS) is 9.81. The molecule has 0 fully saturated rings. The van der Waals surface area contributed by atoms with Crippen LogP contribution in [-0.4, -0.2) is 0 Å². The van der Waals surface area contributed by atoms with Crippen molar-refractivity contribution < 1.29 is 18.9 Å². The number of unbranched alkanes of at least 4 members (excludes halogenated alkanes) is 5. The van der Waals surface area contributed by atoms with Gasteiger partial charge >= 0.3 is 18.9 Å². The Morgan fingerprint density at radius 2 is 1.56 bits per heavy atom. The average molecular weight is 210 g/mol. The summed E-state index contributed by atoms with van der Waals surface area (Å²) in [6.07, 6.45) is 9.42. The van der Waals surface area contributed by atoms with Crippen molar-refractivity contribution in [2.45, 2.75) is 51.9 Å². The van der Waals surface area contributed by atoms with Gasteiger partial charge in [0.05, 0.1) is 0 Å². The third-order valence-electron chi connectivity index (χ3n) is 2.92. The van der Waals surface area contributed by atoms with Crippen LogP contribution in [0.15, 0.2) is 24.3 Å². The van der Waals surface area contributed by atoms with Gasteiger partial charge in [0.1, 0.15) is 0 Å². The predicted molar refractivity (Wildman–Crippen MR) is 68.0 cm³/mol.